The van der Waals surface area contributed by atoms with Crippen LogP contribution in [0.4, 0.5) is 0 Å². The van der Waals surface area contributed by atoms with E-state index in [4.69, 9.17) is 6.57 Å². The van der Waals surface area contributed by atoms with E-state index in [1.54, 1.807) is 0 Å². The molecule has 0 N–H and O–H groups in total. The van der Waals surface area contributed by atoms with Gasteiger partial charge < -0.3 is 4.85 Å². The molecule has 1 aliphatic rings. The Kier molecular flexibility index (Phi) is 2.34. The zero-order valence-electron chi connectivity index (χ0n) is 7.30. The molecule has 0 spiro atoms. The topological polar surface area (TPSA) is 4.36 Å². The summed E-state index contributed by atoms with van der Waals surface area (Å²) in [6, 6.07) is 0. The molecular formula is C10H15N. The van der Waals surface area contributed by atoms with Crippen LogP contribution in [0.1, 0.15) is 33.1 Å². The summed E-state index contributed by atoms with van der Waals surface area (Å²) in [5.74, 6) is 0.480. The van der Waals surface area contributed by atoms with Crippen molar-refractivity contribution in [2.45, 2.75) is 38.6 Å². The third-order valence-corrected chi connectivity index (χ3v) is 2.45. The summed E-state index contributed by atoms with van der Waals surface area (Å²) in [6.07, 6.45) is 8.05. The van der Waals surface area contributed by atoms with E-state index < -0.39 is 0 Å². The van der Waals surface area contributed by atoms with Crippen molar-refractivity contribution in [3.05, 3.63) is 23.6 Å². The van der Waals surface area contributed by atoms with Gasteiger partial charge in [-0.15, -0.1) is 0 Å². The maximum Gasteiger partial charge on any atom is 0.233 e. The molecule has 60 valence electrons. The average molecular weight is 149 g/mol. The molecule has 0 saturated heterocycles. The highest BCUT2D eigenvalue weighted by Crippen LogP contribution is 2.30. The Morgan fingerprint density at radius 1 is 1.55 bits per heavy atom. The molecule has 1 nitrogen and oxygen atoms in total. The lowest BCUT2D eigenvalue weighted by atomic mass is 9.81. The van der Waals surface area contributed by atoms with Crippen LogP contribution in [0.15, 0.2) is 12.2 Å². The van der Waals surface area contributed by atoms with Crippen molar-refractivity contribution in [1.29, 1.82) is 0 Å². The van der Waals surface area contributed by atoms with Crippen LogP contribution in [0, 0.1) is 12.5 Å². The van der Waals surface area contributed by atoms with Gasteiger partial charge in [0.1, 0.15) is 0 Å². The Balaban J connectivity index is 2.67. The van der Waals surface area contributed by atoms with Crippen LogP contribution < -0.4 is 0 Å². The third kappa shape index (κ3) is 1.83. The van der Waals surface area contributed by atoms with Crippen molar-refractivity contribution in [2.75, 3.05) is 0 Å². The first kappa shape index (κ1) is 8.33. The summed E-state index contributed by atoms with van der Waals surface area (Å²) in [7, 11) is 0. The van der Waals surface area contributed by atoms with Gasteiger partial charge in [-0.25, -0.2) is 6.57 Å². The van der Waals surface area contributed by atoms with Crippen LogP contribution in [0.2, 0.25) is 0 Å². The third-order valence-electron chi connectivity index (χ3n) is 2.45. The van der Waals surface area contributed by atoms with E-state index in [-0.39, 0.29) is 5.54 Å². The van der Waals surface area contributed by atoms with E-state index in [1.807, 2.05) is 13.8 Å². The van der Waals surface area contributed by atoms with Crippen molar-refractivity contribution in [1.82, 2.24) is 0 Å². The molecule has 0 aromatic carbocycles. The van der Waals surface area contributed by atoms with Gasteiger partial charge in [0, 0.05) is 13.8 Å². The minimum absolute atomic E-state index is 0.184. The van der Waals surface area contributed by atoms with Crippen LogP contribution >= 0.6 is 0 Å². The Morgan fingerprint density at radius 2 is 2.27 bits per heavy atom. The maximum absolute atomic E-state index is 7.03. The lowest BCUT2D eigenvalue weighted by Gasteiger charge is -2.23. The number of allylic oxidation sites excluding steroid dienone is 1. The highest BCUT2D eigenvalue weighted by Gasteiger charge is 2.33. The van der Waals surface area contributed by atoms with Crippen LogP contribution in [-0.4, -0.2) is 5.54 Å². The fraction of sp³-hybridized carbons (Fsp3) is 0.700. The van der Waals surface area contributed by atoms with Gasteiger partial charge in [-0.1, -0.05) is 12.2 Å². The second-order valence-electron chi connectivity index (χ2n) is 3.73. The molecule has 1 atom stereocenters. The molecule has 1 heteroatoms. The monoisotopic (exact) mass is 149 g/mol. The molecule has 0 heterocycles. The number of hydrogen-bond acceptors (Lipinski definition) is 0. The van der Waals surface area contributed by atoms with Crippen molar-refractivity contribution in [3.8, 4) is 0 Å². The van der Waals surface area contributed by atoms with Gasteiger partial charge in [0.05, 0.1) is 5.92 Å². The summed E-state index contributed by atoms with van der Waals surface area (Å²) in [5.41, 5.74) is -0.184. The molecule has 0 aliphatic heterocycles. The molecule has 0 aromatic rings. The fourth-order valence-corrected chi connectivity index (χ4v) is 1.48. The first-order valence-corrected chi connectivity index (χ1v) is 4.22. The van der Waals surface area contributed by atoms with Gasteiger partial charge >= 0.3 is 0 Å². The number of rotatable bonds is 1. The average Bonchev–Trinajstić information content (AvgIpc) is 2.06. The second kappa shape index (κ2) is 3.09. The minimum Gasteiger partial charge on any atom is -0.310 e. The highest BCUT2D eigenvalue weighted by atomic mass is 14.8. The van der Waals surface area contributed by atoms with Gasteiger partial charge in [-0.2, -0.15) is 0 Å². The van der Waals surface area contributed by atoms with Gasteiger partial charge in [0.2, 0.25) is 5.54 Å². The molecule has 1 aliphatic carbocycles. The normalized spacial score (nSPS) is 24.6. The predicted octanol–water partition coefficient (Wildman–Crippen LogP) is 3.04. The van der Waals surface area contributed by atoms with Crippen molar-refractivity contribution >= 4 is 0 Å². The van der Waals surface area contributed by atoms with Gasteiger partial charge in [0.15, 0.2) is 0 Å². The Hall–Kier alpha value is -0.770. The van der Waals surface area contributed by atoms with Crippen molar-refractivity contribution in [3.63, 3.8) is 0 Å². The SMILES string of the molecule is [C-]#[N+]C(C)(C)C1C=CCCC1. The van der Waals surface area contributed by atoms with E-state index in [9.17, 15) is 0 Å². The maximum atomic E-state index is 7.03. The molecule has 1 unspecified atom stereocenters. The zero-order chi connectivity index (χ0) is 8.32. The summed E-state index contributed by atoms with van der Waals surface area (Å²) in [6.45, 7) is 11.1. The van der Waals surface area contributed by atoms with Crippen LogP contribution in [0.5, 0.6) is 0 Å². The van der Waals surface area contributed by atoms with E-state index in [0.717, 1.165) is 0 Å². The van der Waals surface area contributed by atoms with Crippen LogP contribution in [0.3, 0.4) is 0 Å². The second-order valence-corrected chi connectivity index (χ2v) is 3.73. The van der Waals surface area contributed by atoms with Gasteiger partial charge in [-0.3, -0.25) is 0 Å². The predicted molar refractivity (Wildman–Crippen MR) is 47.2 cm³/mol. The van der Waals surface area contributed by atoms with E-state index in [1.165, 1.54) is 19.3 Å². The Labute approximate surface area is 68.9 Å². The summed E-state index contributed by atoms with van der Waals surface area (Å²) in [5, 5.41) is 0. The molecule has 0 amide bonds. The number of hydrogen-bond donors (Lipinski definition) is 0. The Bertz CT molecular complexity index is 195. The van der Waals surface area contributed by atoms with E-state index in [2.05, 4.69) is 17.0 Å². The molecule has 0 radical (unpaired) electrons. The Morgan fingerprint density at radius 3 is 2.73 bits per heavy atom. The standard InChI is InChI=1S/C10H15N/c1-10(2,11-3)9-7-5-4-6-8-9/h5,7,9H,4,6,8H2,1-2H3. The van der Waals surface area contributed by atoms with Gasteiger partial charge in [0.25, 0.3) is 0 Å². The molecule has 0 bridgehead atoms. The molecular weight excluding hydrogens is 134 g/mol. The first-order chi connectivity index (χ1) is 5.17. The summed E-state index contributed by atoms with van der Waals surface area (Å²) >= 11 is 0. The lowest BCUT2D eigenvalue weighted by Crippen LogP contribution is -2.26. The molecule has 0 fully saturated rings. The minimum atomic E-state index is -0.184. The largest absolute Gasteiger partial charge is 0.310 e. The smallest absolute Gasteiger partial charge is 0.233 e. The molecule has 1 rings (SSSR count). The summed E-state index contributed by atoms with van der Waals surface area (Å²) in [4.78, 5) is 3.64. The molecule has 0 aromatic heterocycles. The van der Waals surface area contributed by atoms with Crippen LogP contribution in [-0.2, 0) is 0 Å². The molecule has 11 heavy (non-hydrogen) atoms. The quantitative estimate of drug-likeness (QED) is 0.398. The molecule has 0 saturated carbocycles. The van der Waals surface area contributed by atoms with Crippen molar-refractivity contribution < 1.29 is 0 Å². The van der Waals surface area contributed by atoms with Crippen molar-refractivity contribution in [2.24, 2.45) is 5.92 Å². The highest BCUT2D eigenvalue weighted by molar-refractivity contribution is 5.07. The van der Waals surface area contributed by atoms with Gasteiger partial charge in [-0.05, 0) is 19.3 Å². The van der Waals surface area contributed by atoms with E-state index >= 15 is 0 Å². The first-order valence-electron chi connectivity index (χ1n) is 4.22. The van der Waals surface area contributed by atoms with Crippen LogP contribution in [0.25, 0.3) is 4.85 Å². The summed E-state index contributed by atoms with van der Waals surface area (Å²) < 4.78 is 0. The lowest BCUT2D eigenvalue weighted by molar-refractivity contribution is 0.398. The number of nitrogens with zero attached hydrogens (tertiary/aromatic N) is 1. The fourth-order valence-electron chi connectivity index (χ4n) is 1.48. The van der Waals surface area contributed by atoms with E-state index in [0.29, 0.717) is 5.92 Å². The zero-order valence-corrected chi connectivity index (χ0v) is 7.30.